The zero-order valence-corrected chi connectivity index (χ0v) is 16.8. The molecule has 0 bridgehead atoms. The quantitative estimate of drug-likeness (QED) is 0.519. The van der Waals surface area contributed by atoms with Gasteiger partial charge in [-0.15, -0.1) is 11.3 Å². The predicted octanol–water partition coefficient (Wildman–Crippen LogP) is 3.55. The molecule has 0 fully saturated rings. The van der Waals surface area contributed by atoms with E-state index < -0.39 is 15.8 Å². The van der Waals surface area contributed by atoms with Crippen LogP contribution in [-0.4, -0.2) is 19.9 Å². The first kappa shape index (κ1) is 18.0. The second kappa shape index (κ2) is 6.78. The summed E-state index contributed by atoms with van der Waals surface area (Å²) >= 11 is 1.76. The Morgan fingerprint density at radius 1 is 1.14 bits per heavy atom. The Kier molecular flexibility index (Phi) is 4.21. The van der Waals surface area contributed by atoms with Crippen molar-refractivity contribution >= 4 is 43.8 Å². The number of hydrogen-bond acceptors (Lipinski definition) is 6. The second-order valence-corrected chi connectivity index (χ2v) is 9.52. The summed E-state index contributed by atoms with van der Waals surface area (Å²) in [5.41, 5.74) is 3.29. The molecule has 29 heavy (non-hydrogen) atoms. The van der Waals surface area contributed by atoms with Gasteiger partial charge in [0.05, 0.1) is 21.8 Å². The number of aromatic amines is 1. The van der Waals surface area contributed by atoms with Crippen molar-refractivity contribution in [3.63, 3.8) is 0 Å². The molecule has 2 aromatic heterocycles. The Balaban J connectivity index is 1.47. The summed E-state index contributed by atoms with van der Waals surface area (Å²) < 4.78 is 33.7. The van der Waals surface area contributed by atoms with E-state index in [1.54, 1.807) is 23.5 Å². The molecule has 0 radical (unpaired) electrons. The molecule has 0 atom stereocenters. The van der Waals surface area contributed by atoms with Crippen molar-refractivity contribution in [1.82, 2.24) is 4.98 Å². The molecule has 0 amide bonds. The highest BCUT2D eigenvalue weighted by Gasteiger charge is 2.22. The third-order valence-electron chi connectivity index (χ3n) is 5.00. The number of anilines is 2. The van der Waals surface area contributed by atoms with Crippen molar-refractivity contribution in [1.29, 1.82) is 0 Å². The molecule has 148 valence electrons. The molecule has 2 aromatic carbocycles. The molecule has 5 rings (SSSR count). The molecule has 1 aliphatic heterocycles. The SMILES string of the molecule is O=c1[nH]c2ccc(S(=O)(=O)Nc3ccccc3N3CCc4sccc4C3)cc2o1. The van der Waals surface area contributed by atoms with Crippen LogP contribution in [0.1, 0.15) is 10.4 Å². The van der Waals surface area contributed by atoms with Crippen LogP contribution in [0.25, 0.3) is 11.1 Å². The van der Waals surface area contributed by atoms with Crippen LogP contribution in [0.15, 0.2) is 68.0 Å². The maximum absolute atomic E-state index is 13.0. The number of fused-ring (bicyclic) bond motifs is 2. The lowest BCUT2D eigenvalue weighted by Crippen LogP contribution is -2.30. The van der Waals surface area contributed by atoms with Gasteiger partial charge in [0.1, 0.15) is 0 Å². The van der Waals surface area contributed by atoms with Crippen LogP contribution >= 0.6 is 11.3 Å². The molecule has 0 spiro atoms. The fourth-order valence-electron chi connectivity index (χ4n) is 3.59. The summed E-state index contributed by atoms with van der Waals surface area (Å²) in [6.45, 7) is 1.57. The van der Waals surface area contributed by atoms with Crippen molar-refractivity contribution < 1.29 is 12.8 Å². The van der Waals surface area contributed by atoms with Crippen LogP contribution in [0.5, 0.6) is 0 Å². The lowest BCUT2D eigenvalue weighted by Gasteiger charge is -2.30. The molecule has 9 heteroatoms. The van der Waals surface area contributed by atoms with Crippen molar-refractivity contribution in [2.24, 2.45) is 0 Å². The van der Waals surface area contributed by atoms with E-state index in [9.17, 15) is 13.2 Å². The number of nitrogens with one attached hydrogen (secondary N) is 2. The van der Waals surface area contributed by atoms with Crippen molar-refractivity contribution in [2.45, 2.75) is 17.9 Å². The number of para-hydroxylation sites is 2. The Bertz CT molecular complexity index is 1370. The number of sulfonamides is 1. The monoisotopic (exact) mass is 427 g/mol. The minimum absolute atomic E-state index is 0.0290. The van der Waals surface area contributed by atoms with Crippen LogP contribution in [0.2, 0.25) is 0 Å². The topological polar surface area (TPSA) is 95.4 Å². The van der Waals surface area contributed by atoms with Crippen molar-refractivity contribution in [3.8, 4) is 0 Å². The molecule has 0 saturated carbocycles. The van der Waals surface area contributed by atoms with Gasteiger partial charge in [0.2, 0.25) is 0 Å². The van der Waals surface area contributed by atoms with E-state index in [2.05, 4.69) is 26.1 Å². The normalized spacial score (nSPS) is 14.1. The van der Waals surface area contributed by atoms with Crippen LogP contribution in [0, 0.1) is 0 Å². The molecule has 0 saturated heterocycles. The standard InChI is InChI=1S/C20H17N3O4S2/c24-20-21-16-6-5-14(11-18(16)27-20)29(25,26)22-15-3-1-2-4-17(15)23-9-7-19-13(12-23)8-10-28-19/h1-6,8,10-11,22H,7,9,12H2,(H,21,24). The third-order valence-corrected chi connectivity index (χ3v) is 7.39. The molecule has 0 unspecified atom stereocenters. The van der Waals surface area contributed by atoms with E-state index in [1.165, 1.54) is 28.6 Å². The third kappa shape index (κ3) is 3.32. The number of H-pyrrole nitrogens is 1. The minimum atomic E-state index is -3.86. The second-order valence-electron chi connectivity index (χ2n) is 6.84. The molecule has 3 heterocycles. The van der Waals surface area contributed by atoms with Gasteiger partial charge in [-0.05, 0) is 47.7 Å². The van der Waals surface area contributed by atoms with Gasteiger partial charge >= 0.3 is 5.76 Å². The Labute approximate surface area is 170 Å². The average molecular weight is 428 g/mol. The van der Waals surface area contributed by atoms with E-state index in [1.807, 2.05) is 12.1 Å². The van der Waals surface area contributed by atoms with Gasteiger partial charge in [-0.25, -0.2) is 13.2 Å². The zero-order valence-electron chi connectivity index (χ0n) is 15.2. The Hall–Kier alpha value is -3.04. The summed E-state index contributed by atoms with van der Waals surface area (Å²) in [5, 5.41) is 2.10. The van der Waals surface area contributed by atoms with Crippen LogP contribution in [0.3, 0.4) is 0 Å². The molecular formula is C20H17N3O4S2. The summed E-state index contributed by atoms with van der Waals surface area (Å²) in [6, 6.07) is 13.8. The maximum atomic E-state index is 13.0. The van der Waals surface area contributed by atoms with E-state index >= 15 is 0 Å². The predicted molar refractivity (Wildman–Crippen MR) is 113 cm³/mol. The van der Waals surface area contributed by atoms with Crippen molar-refractivity contribution in [3.05, 3.63) is 74.9 Å². The summed E-state index contributed by atoms with van der Waals surface area (Å²) in [6.07, 6.45) is 0.942. The van der Waals surface area contributed by atoms with Gasteiger partial charge < -0.3 is 9.32 Å². The van der Waals surface area contributed by atoms with Crippen molar-refractivity contribution in [2.75, 3.05) is 16.2 Å². The molecule has 7 nitrogen and oxygen atoms in total. The lowest BCUT2D eigenvalue weighted by molar-refractivity contribution is 0.554. The van der Waals surface area contributed by atoms with E-state index in [0.29, 0.717) is 11.2 Å². The van der Waals surface area contributed by atoms with Gasteiger partial charge in [0.25, 0.3) is 10.0 Å². The Morgan fingerprint density at radius 2 is 2.00 bits per heavy atom. The lowest BCUT2D eigenvalue weighted by atomic mass is 10.1. The highest BCUT2D eigenvalue weighted by atomic mass is 32.2. The average Bonchev–Trinajstić information content (AvgIpc) is 3.32. The highest BCUT2D eigenvalue weighted by molar-refractivity contribution is 7.92. The largest absolute Gasteiger partial charge is 0.417 e. The smallest absolute Gasteiger partial charge is 0.408 e. The first-order chi connectivity index (χ1) is 14.0. The summed E-state index contributed by atoms with van der Waals surface area (Å²) in [5.74, 6) is -0.620. The van der Waals surface area contributed by atoms with Gasteiger partial charge in [-0.1, -0.05) is 12.1 Å². The van der Waals surface area contributed by atoms with Crippen LogP contribution in [0.4, 0.5) is 11.4 Å². The fraction of sp³-hybridized carbons (Fsp3) is 0.150. The van der Waals surface area contributed by atoms with E-state index in [4.69, 9.17) is 4.42 Å². The fourth-order valence-corrected chi connectivity index (χ4v) is 5.57. The molecular weight excluding hydrogens is 410 g/mol. The number of benzene rings is 2. The summed E-state index contributed by atoms with van der Waals surface area (Å²) in [7, 11) is -3.86. The van der Waals surface area contributed by atoms with E-state index in [-0.39, 0.29) is 10.5 Å². The molecule has 4 aromatic rings. The number of oxazole rings is 1. The maximum Gasteiger partial charge on any atom is 0.417 e. The Morgan fingerprint density at radius 3 is 2.90 bits per heavy atom. The number of hydrogen-bond donors (Lipinski definition) is 2. The number of aromatic nitrogens is 1. The van der Waals surface area contributed by atoms with Gasteiger partial charge in [0, 0.05) is 24.0 Å². The number of rotatable bonds is 4. The van der Waals surface area contributed by atoms with E-state index in [0.717, 1.165) is 25.2 Å². The minimum Gasteiger partial charge on any atom is -0.408 e. The number of thiophene rings is 1. The van der Waals surface area contributed by atoms with Crippen LogP contribution < -0.4 is 15.4 Å². The van der Waals surface area contributed by atoms with Gasteiger partial charge in [0.15, 0.2) is 5.58 Å². The van der Waals surface area contributed by atoms with Gasteiger partial charge in [-0.2, -0.15) is 0 Å². The molecule has 2 N–H and O–H groups in total. The highest BCUT2D eigenvalue weighted by Crippen LogP contribution is 2.33. The molecule has 0 aliphatic carbocycles. The first-order valence-electron chi connectivity index (χ1n) is 9.04. The molecule has 1 aliphatic rings. The number of nitrogens with zero attached hydrogens (tertiary/aromatic N) is 1. The summed E-state index contributed by atoms with van der Waals surface area (Å²) in [4.78, 5) is 17.4. The zero-order chi connectivity index (χ0) is 20.0. The first-order valence-corrected chi connectivity index (χ1v) is 11.4. The van der Waals surface area contributed by atoms with Crippen LogP contribution in [-0.2, 0) is 23.0 Å². The van der Waals surface area contributed by atoms with Gasteiger partial charge in [-0.3, -0.25) is 9.71 Å².